The van der Waals surface area contributed by atoms with Crippen LogP contribution in [0.3, 0.4) is 0 Å². The largest absolute Gasteiger partial charge is 0.493 e. The lowest BCUT2D eigenvalue weighted by Crippen LogP contribution is -2.35. The molecule has 2 N–H and O–H groups in total. The molecule has 4 rings (SSSR count). The zero-order chi connectivity index (χ0) is 19.7. The highest BCUT2D eigenvalue weighted by molar-refractivity contribution is 5.86. The molecule has 0 radical (unpaired) electrons. The first-order valence-electron chi connectivity index (χ1n) is 9.12. The maximum atomic E-state index is 10.9. The van der Waals surface area contributed by atoms with Crippen LogP contribution in [-0.2, 0) is 19.4 Å². The average Bonchev–Trinajstić information content (AvgIpc) is 3.05. The molecule has 1 aliphatic carbocycles. The number of carboxylic acids is 1. The van der Waals surface area contributed by atoms with Gasteiger partial charge in [0.1, 0.15) is 0 Å². The highest BCUT2D eigenvalue weighted by atomic mass is 16.4. The number of carbonyl (C=O) groups is 1. The molecule has 0 saturated heterocycles. The summed E-state index contributed by atoms with van der Waals surface area (Å²) in [6.07, 6.45) is 4.82. The van der Waals surface area contributed by atoms with Crippen molar-refractivity contribution in [3.05, 3.63) is 65.1 Å². The van der Waals surface area contributed by atoms with E-state index in [0.29, 0.717) is 12.5 Å². The van der Waals surface area contributed by atoms with Crippen LogP contribution in [0.1, 0.15) is 33.6 Å². The topological polar surface area (TPSA) is 104 Å². The first-order valence-corrected chi connectivity index (χ1v) is 9.12. The van der Waals surface area contributed by atoms with Gasteiger partial charge in [-0.2, -0.15) is 9.78 Å². The van der Waals surface area contributed by atoms with Gasteiger partial charge in [0.2, 0.25) is 5.88 Å². The van der Waals surface area contributed by atoms with Gasteiger partial charge in [0.15, 0.2) is 0 Å². The predicted octanol–water partition coefficient (Wildman–Crippen LogP) is 2.06. The van der Waals surface area contributed by atoms with Gasteiger partial charge in [-0.3, -0.25) is 4.90 Å². The normalized spacial score (nSPS) is 16.1. The number of benzene rings is 1. The van der Waals surface area contributed by atoms with Crippen molar-refractivity contribution < 1.29 is 15.0 Å². The Balaban J connectivity index is 1.53. The fourth-order valence-corrected chi connectivity index (χ4v) is 3.59. The van der Waals surface area contributed by atoms with Crippen LogP contribution < -0.4 is 0 Å². The van der Waals surface area contributed by atoms with Gasteiger partial charge in [0.25, 0.3) is 5.95 Å². The summed E-state index contributed by atoms with van der Waals surface area (Å²) in [5.74, 6) is -0.915. The number of nitrogens with zero attached hydrogens (tertiary/aromatic N) is 5. The molecule has 2 aromatic heterocycles. The Kier molecular flexibility index (Phi) is 4.79. The maximum absolute atomic E-state index is 10.9. The van der Waals surface area contributed by atoms with Crippen molar-refractivity contribution in [3.8, 4) is 11.8 Å². The molecule has 8 nitrogen and oxygen atoms in total. The van der Waals surface area contributed by atoms with Crippen LogP contribution in [0, 0.1) is 0 Å². The number of aryl methyl sites for hydroxylation is 1. The Morgan fingerprint density at radius 3 is 2.64 bits per heavy atom. The number of fused-ring (bicyclic) bond motifs is 1. The Labute approximate surface area is 162 Å². The SMILES string of the molecule is CN(Cc1ccccc1)C1CCc2nn(-c3ncc(C(=O)O)cn3)c(O)c2C1. The minimum atomic E-state index is -1.10. The number of carboxylic acid groups (broad SMARTS) is 1. The molecule has 0 fully saturated rings. The third-order valence-corrected chi connectivity index (χ3v) is 5.17. The Morgan fingerprint density at radius 2 is 1.96 bits per heavy atom. The van der Waals surface area contributed by atoms with Gasteiger partial charge < -0.3 is 10.2 Å². The Morgan fingerprint density at radius 1 is 1.25 bits per heavy atom. The van der Waals surface area contributed by atoms with Crippen LogP contribution in [0.15, 0.2) is 42.7 Å². The molecule has 0 bridgehead atoms. The van der Waals surface area contributed by atoms with Crippen molar-refractivity contribution >= 4 is 5.97 Å². The predicted molar refractivity (Wildman–Crippen MR) is 102 cm³/mol. The van der Waals surface area contributed by atoms with Gasteiger partial charge in [-0.05, 0) is 31.9 Å². The molecule has 2 heterocycles. The number of likely N-dealkylation sites (N-methyl/N-ethyl adjacent to an activating group) is 1. The molecular formula is C20H21N5O3. The molecule has 1 aromatic carbocycles. The second-order valence-corrected chi connectivity index (χ2v) is 7.03. The number of aromatic nitrogens is 4. The van der Waals surface area contributed by atoms with Crippen LogP contribution >= 0.6 is 0 Å². The summed E-state index contributed by atoms with van der Waals surface area (Å²) < 4.78 is 1.29. The molecular weight excluding hydrogens is 358 g/mol. The van der Waals surface area contributed by atoms with Crippen molar-refractivity contribution in [2.24, 2.45) is 0 Å². The molecule has 1 atom stereocenters. The molecule has 28 heavy (non-hydrogen) atoms. The van der Waals surface area contributed by atoms with Gasteiger partial charge in [-0.15, -0.1) is 0 Å². The first kappa shape index (κ1) is 18.1. The van der Waals surface area contributed by atoms with Gasteiger partial charge in [0, 0.05) is 30.5 Å². The standard InChI is InChI=1S/C20H21N5O3/c1-24(12-13-5-3-2-4-6-13)15-7-8-17-16(9-15)18(26)25(23-17)20-21-10-14(11-22-20)19(27)28/h2-6,10-11,15,26H,7-9,12H2,1H3,(H,27,28). The molecule has 1 unspecified atom stereocenters. The fraction of sp³-hybridized carbons (Fsp3) is 0.300. The summed E-state index contributed by atoms with van der Waals surface area (Å²) in [5, 5.41) is 24.1. The Bertz CT molecular complexity index is 985. The van der Waals surface area contributed by atoms with Gasteiger partial charge in [-0.25, -0.2) is 14.8 Å². The smallest absolute Gasteiger partial charge is 0.338 e. The molecule has 144 valence electrons. The maximum Gasteiger partial charge on any atom is 0.338 e. The first-order chi connectivity index (χ1) is 13.5. The number of aromatic carboxylic acids is 1. The molecule has 0 amide bonds. The van der Waals surface area contributed by atoms with Crippen molar-refractivity contribution in [1.29, 1.82) is 0 Å². The lowest BCUT2D eigenvalue weighted by Gasteiger charge is -2.30. The van der Waals surface area contributed by atoms with Gasteiger partial charge >= 0.3 is 5.97 Å². The molecule has 0 aliphatic heterocycles. The van der Waals surface area contributed by atoms with E-state index in [1.54, 1.807) is 0 Å². The van der Waals surface area contributed by atoms with Crippen LogP contribution in [0.2, 0.25) is 0 Å². The lowest BCUT2D eigenvalue weighted by atomic mass is 9.92. The zero-order valence-electron chi connectivity index (χ0n) is 15.5. The van der Waals surface area contributed by atoms with E-state index in [1.807, 2.05) is 18.2 Å². The molecule has 0 spiro atoms. The quantitative estimate of drug-likeness (QED) is 0.699. The van der Waals surface area contributed by atoms with E-state index in [9.17, 15) is 9.90 Å². The fourth-order valence-electron chi connectivity index (χ4n) is 3.59. The average molecular weight is 379 g/mol. The number of hydrogen-bond acceptors (Lipinski definition) is 6. The molecule has 1 aliphatic rings. The van der Waals surface area contributed by atoms with Crippen LogP contribution in [-0.4, -0.2) is 53.9 Å². The summed E-state index contributed by atoms with van der Waals surface area (Å²) in [4.78, 5) is 21.3. The lowest BCUT2D eigenvalue weighted by molar-refractivity contribution is 0.0696. The minimum absolute atomic E-state index is 0.0113. The van der Waals surface area contributed by atoms with E-state index < -0.39 is 5.97 Å². The second-order valence-electron chi connectivity index (χ2n) is 7.03. The number of aromatic hydroxyl groups is 1. The summed E-state index contributed by atoms with van der Waals surface area (Å²) in [6.45, 7) is 0.843. The van der Waals surface area contributed by atoms with Crippen molar-refractivity contribution in [2.75, 3.05) is 7.05 Å². The van der Waals surface area contributed by atoms with Crippen LogP contribution in [0.25, 0.3) is 5.95 Å². The zero-order valence-corrected chi connectivity index (χ0v) is 15.5. The Hall–Kier alpha value is -3.26. The second kappa shape index (κ2) is 7.40. The third kappa shape index (κ3) is 3.46. The highest BCUT2D eigenvalue weighted by Gasteiger charge is 2.29. The van der Waals surface area contributed by atoms with Crippen molar-refractivity contribution in [3.63, 3.8) is 0 Å². The number of rotatable bonds is 5. The van der Waals surface area contributed by atoms with E-state index >= 15 is 0 Å². The molecule has 8 heteroatoms. The summed E-state index contributed by atoms with van der Waals surface area (Å²) >= 11 is 0. The van der Waals surface area contributed by atoms with Crippen molar-refractivity contribution in [1.82, 2.24) is 24.6 Å². The summed E-state index contributed by atoms with van der Waals surface area (Å²) in [7, 11) is 2.10. The van der Waals surface area contributed by atoms with Gasteiger partial charge in [0.05, 0.1) is 11.3 Å². The van der Waals surface area contributed by atoms with E-state index in [4.69, 9.17) is 5.11 Å². The van der Waals surface area contributed by atoms with E-state index in [2.05, 4.69) is 39.1 Å². The minimum Gasteiger partial charge on any atom is -0.493 e. The highest BCUT2D eigenvalue weighted by Crippen LogP contribution is 2.32. The van der Waals surface area contributed by atoms with Crippen LogP contribution in [0.5, 0.6) is 5.88 Å². The van der Waals surface area contributed by atoms with Crippen LogP contribution in [0.4, 0.5) is 0 Å². The number of hydrogen-bond donors (Lipinski definition) is 2. The summed E-state index contributed by atoms with van der Waals surface area (Å²) in [5.41, 5.74) is 2.89. The van der Waals surface area contributed by atoms with E-state index in [1.165, 1.54) is 22.6 Å². The van der Waals surface area contributed by atoms with E-state index in [-0.39, 0.29) is 17.4 Å². The summed E-state index contributed by atoms with van der Waals surface area (Å²) in [6, 6.07) is 10.6. The third-order valence-electron chi connectivity index (χ3n) is 5.17. The molecule has 3 aromatic rings. The monoisotopic (exact) mass is 379 g/mol. The van der Waals surface area contributed by atoms with E-state index in [0.717, 1.165) is 30.6 Å². The molecule has 0 saturated carbocycles. The van der Waals surface area contributed by atoms with Crippen molar-refractivity contribution in [2.45, 2.75) is 31.8 Å². The van der Waals surface area contributed by atoms with Gasteiger partial charge in [-0.1, -0.05) is 30.3 Å².